The zero-order valence-electron chi connectivity index (χ0n) is 12.3. The van der Waals surface area contributed by atoms with Crippen LogP contribution in [0.1, 0.15) is 20.3 Å². The van der Waals surface area contributed by atoms with Crippen molar-refractivity contribution in [3.8, 4) is 0 Å². The van der Waals surface area contributed by atoms with Crippen molar-refractivity contribution in [1.82, 2.24) is 5.32 Å². The summed E-state index contributed by atoms with van der Waals surface area (Å²) in [6.07, 6.45) is 7.44. The Bertz CT molecular complexity index is 426. The fourth-order valence-corrected chi connectivity index (χ4v) is 1.56. The topological polar surface area (TPSA) is 64.4 Å². The number of nitrogens with one attached hydrogen (secondary N) is 1. The highest BCUT2D eigenvalue weighted by Gasteiger charge is 2.10. The monoisotopic (exact) mass is 298 g/mol. The van der Waals surface area contributed by atoms with Gasteiger partial charge in [-0.2, -0.15) is 0 Å². The van der Waals surface area contributed by atoms with Gasteiger partial charge in [0.1, 0.15) is 0 Å². The number of amides is 1. The zero-order valence-corrected chi connectivity index (χ0v) is 13.0. The smallest absolute Gasteiger partial charge is 0.251 e. The normalized spacial score (nSPS) is 14.4. The third kappa shape index (κ3) is 7.81. The summed E-state index contributed by atoms with van der Waals surface area (Å²) >= 11 is 5.96. The predicted octanol–water partition coefficient (Wildman–Crippen LogP) is 2.63. The van der Waals surface area contributed by atoms with Gasteiger partial charge in [0.15, 0.2) is 0 Å². The molecule has 1 unspecified atom stereocenters. The SMILES string of the molecule is C=C(/C=C\C(N)=C/C)C(=O)NC(/C=C(/Cl)COC)CC. The molecular formula is C15H23ClN2O2. The molecule has 0 saturated heterocycles. The highest BCUT2D eigenvalue weighted by Crippen LogP contribution is 2.07. The first-order chi connectivity index (χ1) is 9.44. The Kier molecular flexibility index (Phi) is 9.51. The number of ether oxygens (including phenoxy) is 1. The van der Waals surface area contributed by atoms with E-state index in [4.69, 9.17) is 22.1 Å². The molecule has 0 aliphatic carbocycles. The van der Waals surface area contributed by atoms with E-state index < -0.39 is 0 Å². The molecule has 0 aliphatic rings. The number of hydrogen-bond donors (Lipinski definition) is 2. The first-order valence-corrected chi connectivity index (χ1v) is 6.77. The Hall–Kier alpha value is -1.52. The van der Waals surface area contributed by atoms with Gasteiger partial charge in [-0.15, -0.1) is 0 Å². The maximum absolute atomic E-state index is 11.9. The molecule has 4 nitrogen and oxygen atoms in total. The van der Waals surface area contributed by atoms with Gasteiger partial charge >= 0.3 is 0 Å². The maximum Gasteiger partial charge on any atom is 0.251 e. The van der Waals surface area contributed by atoms with E-state index in [0.29, 0.717) is 22.9 Å². The van der Waals surface area contributed by atoms with E-state index in [9.17, 15) is 4.79 Å². The minimum absolute atomic E-state index is 0.158. The van der Waals surface area contributed by atoms with Crippen LogP contribution in [-0.2, 0) is 9.53 Å². The number of carbonyl (C=O) groups excluding carboxylic acids is 1. The van der Waals surface area contributed by atoms with Crippen LogP contribution in [-0.4, -0.2) is 25.7 Å². The quantitative estimate of drug-likeness (QED) is 0.535. The molecule has 3 N–H and O–H groups in total. The van der Waals surface area contributed by atoms with Crippen LogP contribution < -0.4 is 11.1 Å². The van der Waals surface area contributed by atoms with E-state index >= 15 is 0 Å². The van der Waals surface area contributed by atoms with Crippen molar-refractivity contribution >= 4 is 17.5 Å². The first-order valence-electron chi connectivity index (χ1n) is 6.39. The number of carbonyl (C=O) groups is 1. The van der Waals surface area contributed by atoms with E-state index in [1.54, 1.807) is 31.4 Å². The minimum atomic E-state index is -0.255. The summed E-state index contributed by atoms with van der Waals surface area (Å²) in [4.78, 5) is 11.9. The van der Waals surface area contributed by atoms with Crippen LogP contribution >= 0.6 is 11.6 Å². The molecule has 0 heterocycles. The summed E-state index contributed by atoms with van der Waals surface area (Å²) in [6, 6.07) is -0.158. The highest BCUT2D eigenvalue weighted by molar-refractivity contribution is 6.29. The fraction of sp³-hybridized carbons (Fsp3) is 0.400. The third-order valence-electron chi connectivity index (χ3n) is 2.52. The molecule has 20 heavy (non-hydrogen) atoms. The maximum atomic E-state index is 11.9. The molecule has 0 rings (SSSR count). The van der Waals surface area contributed by atoms with Crippen LogP contribution in [0.2, 0.25) is 0 Å². The van der Waals surface area contributed by atoms with Gasteiger partial charge in [-0.1, -0.05) is 31.2 Å². The van der Waals surface area contributed by atoms with Gasteiger partial charge in [-0.3, -0.25) is 4.79 Å². The molecule has 112 valence electrons. The molecule has 0 bridgehead atoms. The number of halogens is 1. The molecule has 1 atom stereocenters. The van der Waals surface area contributed by atoms with Crippen molar-refractivity contribution in [2.45, 2.75) is 26.3 Å². The van der Waals surface area contributed by atoms with Gasteiger partial charge in [0, 0.05) is 29.5 Å². The summed E-state index contributed by atoms with van der Waals surface area (Å²) < 4.78 is 4.92. The Morgan fingerprint density at radius 2 is 2.15 bits per heavy atom. The molecule has 0 aromatic carbocycles. The molecule has 0 spiro atoms. The lowest BCUT2D eigenvalue weighted by molar-refractivity contribution is -0.117. The van der Waals surface area contributed by atoms with E-state index in [2.05, 4.69) is 11.9 Å². The second-order valence-corrected chi connectivity index (χ2v) is 4.67. The molecule has 0 fully saturated rings. The lowest BCUT2D eigenvalue weighted by Crippen LogP contribution is -2.33. The standard InChI is InChI=1S/C15H23ClN2O2/c1-5-13(17)8-7-11(3)15(19)18-14(6-2)9-12(16)10-20-4/h5,7-9,14H,3,6,10,17H2,1-2,4H3,(H,18,19)/b8-7-,12-9+,13-5+. The van der Waals surface area contributed by atoms with Crippen molar-refractivity contribution in [2.24, 2.45) is 5.73 Å². The number of hydrogen-bond acceptors (Lipinski definition) is 3. The largest absolute Gasteiger partial charge is 0.399 e. The molecule has 0 radical (unpaired) electrons. The predicted molar refractivity (Wildman–Crippen MR) is 84.3 cm³/mol. The zero-order chi connectivity index (χ0) is 15.5. The van der Waals surface area contributed by atoms with Crippen molar-refractivity contribution in [3.63, 3.8) is 0 Å². The third-order valence-corrected chi connectivity index (χ3v) is 2.76. The lowest BCUT2D eigenvalue weighted by atomic mass is 10.1. The molecule has 0 saturated carbocycles. The lowest BCUT2D eigenvalue weighted by Gasteiger charge is -2.14. The molecular weight excluding hydrogens is 276 g/mol. The second kappa shape index (κ2) is 10.3. The van der Waals surface area contributed by atoms with Crippen molar-refractivity contribution in [1.29, 1.82) is 0 Å². The van der Waals surface area contributed by atoms with Gasteiger partial charge < -0.3 is 15.8 Å². The Labute approximate surface area is 126 Å². The summed E-state index contributed by atoms with van der Waals surface area (Å²) in [7, 11) is 1.56. The second-order valence-electron chi connectivity index (χ2n) is 4.18. The molecule has 0 aliphatic heterocycles. The highest BCUT2D eigenvalue weighted by atomic mass is 35.5. The van der Waals surface area contributed by atoms with Crippen molar-refractivity contribution in [3.05, 3.63) is 47.2 Å². The van der Waals surface area contributed by atoms with Crippen LogP contribution in [0, 0.1) is 0 Å². The van der Waals surface area contributed by atoms with Crippen molar-refractivity contribution in [2.75, 3.05) is 13.7 Å². The van der Waals surface area contributed by atoms with Crippen LogP contribution in [0.25, 0.3) is 0 Å². The number of rotatable bonds is 8. The Morgan fingerprint density at radius 3 is 2.65 bits per heavy atom. The van der Waals surface area contributed by atoms with Gasteiger partial charge in [0.05, 0.1) is 6.61 Å². The Balaban J connectivity index is 4.59. The molecule has 0 aromatic heterocycles. The summed E-state index contributed by atoms with van der Waals surface area (Å²) in [5.74, 6) is -0.255. The molecule has 0 aromatic rings. The van der Waals surface area contributed by atoms with Crippen LogP contribution in [0.15, 0.2) is 47.2 Å². The molecule has 5 heteroatoms. The number of nitrogens with two attached hydrogens (primary N) is 1. The van der Waals surface area contributed by atoms with Gasteiger partial charge in [0.25, 0.3) is 5.91 Å². The van der Waals surface area contributed by atoms with Gasteiger partial charge in [-0.25, -0.2) is 0 Å². The van der Waals surface area contributed by atoms with Gasteiger partial charge in [0.2, 0.25) is 0 Å². The summed E-state index contributed by atoms with van der Waals surface area (Å²) in [6.45, 7) is 7.80. The van der Waals surface area contributed by atoms with E-state index in [-0.39, 0.29) is 11.9 Å². The van der Waals surface area contributed by atoms with Crippen LogP contribution in [0.4, 0.5) is 0 Å². The van der Waals surface area contributed by atoms with E-state index in [1.165, 1.54) is 0 Å². The summed E-state index contributed by atoms with van der Waals surface area (Å²) in [5, 5.41) is 3.39. The Morgan fingerprint density at radius 1 is 1.50 bits per heavy atom. The average Bonchev–Trinajstić information content (AvgIpc) is 2.43. The van der Waals surface area contributed by atoms with E-state index in [0.717, 1.165) is 6.42 Å². The van der Waals surface area contributed by atoms with Gasteiger partial charge in [-0.05, 0) is 31.6 Å². The summed E-state index contributed by atoms with van der Waals surface area (Å²) in [5.41, 5.74) is 6.52. The average molecular weight is 299 g/mol. The van der Waals surface area contributed by atoms with Crippen molar-refractivity contribution < 1.29 is 9.53 Å². The van der Waals surface area contributed by atoms with Crippen LogP contribution in [0.5, 0.6) is 0 Å². The fourth-order valence-electron chi connectivity index (χ4n) is 1.30. The number of methoxy groups -OCH3 is 1. The first kappa shape index (κ1) is 18.5. The van der Waals surface area contributed by atoms with E-state index in [1.807, 2.05) is 13.8 Å². The molecule has 1 amide bonds. The minimum Gasteiger partial charge on any atom is -0.399 e. The van der Waals surface area contributed by atoms with Crippen LogP contribution in [0.3, 0.4) is 0 Å². The number of allylic oxidation sites excluding steroid dienone is 2.